The zero-order chi connectivity index (χ0) is 16.9. The van der Waals surface area contributed by atoms with Gasteiger partial charge in [0.2, 0.25) is 5.91 Å². The number of carbonyl (C=O) groups excluding carboxylic acids is 1. The molecule has 3 rings (SSSR count). The normalized spacial score (nSPS) is 20.0. The summed E-state index contributed by atoms with van der Waals surface area (Å²) < 4.78 is 5.92. The molecule has 0 bridgehead atoms. The molecule has 25 heavy (non-hydrogen) atoms. The molecule has 2 atom stereocenters. The Hall–Kier alpha value is -2.04. The van der Waals surface area contributed by atoms with E-state index in [1.54, 1.807) is 0 Å². The van der Waals surface area contributed by atoms with Crippen molar-refractivity contribution in [2.75, 3.05) is 18.9 Å². The van der Waals surface area contributed by atoms with Crippen LogP contribution in [0.25, 0.3) is 0 Å². The van der Waals surface area contributed by atoms with Crippen LogP contribution in [0.5, 0.6) is 0 Å². The van der Waals surface area contributed by atoms with Gasteiger partial charge in [-0.25, -0.2) is 0 Å². The quantitative estimate of drug-likeness (QED) is 0.847. The maximum Gasteiger partial charge on any atom is 0.223 e. The number of carbonyl (C=O) groups is 1. The first-order chi connectivity index (χ1) is 11.6. The van der Waals surface area contributed by atoms with E-state index in [1.807, 2.05) is 66.4 Å². The van der Waals surface area contributed by atoms with Gasteiger partial charge in [-0.3, -0.25) is 4.79 Å². The third-order valence-corrected chi connectivity index (χ3v) is 4.59. The Morgan fingerprint density at radius 3 is 2.56 bits per heavy atom. The molecule has 0 radical (unpaired) electrons. The first kappa shape index (κ1) is 19.3. The van der Waals surface area contributed by atoms with E-state index in [0.717, 1.165) is 16.8 Å². The van der Waals surface area contributed by atoms with Crippen molar-refractivity contribution in [1.29, 1.82) is 0 Å². The average Bonchev–Trinajstić information content (AvgIpc) is 2.62. The maximum atomic E-state index is 12.7. The summed E-state index contributed by atoms with van der Waals surface area (Å²) >= 11 is 0. The number of ether oxygens (including phenoxy) is 1. The fourth-order valence-electron chi connectivity index (χ4n) is 3.12. The van der Waals surface area contributed by atoms with Crippen LogP contribution in [-0.4, -0.2) is 30.0 Å². The fourth-order valence-corrected chi connectivity index (χ4v) is 3.12. The molecular weight excluding hydrogens is 336 g/mol. The number of nitrogens with zero attached hydrogens (tertiary/aromatic N) is 1. The van der Waals surface area contributed by atoms with E-state index >= 15 is 0 Å². The number of benzene rings is 2. The van der Waals surface area contributed by atoms with Crippen LogP contribution in [0.1, 0.15) is 30.6 Å². The van der Waals surface area contributed by atoms with Crippen LogP contribution in [0.15, 0.2) is 54.6 Å². The number of anilines is 1. The lowest BCUT2D eigenvalue weighted by atomic mass is 10.0. The Labute approximate surface area is 155 Å². The predicted molar refractivity (Wildman–Crippen MR) is 103 cm³/mol. The highest BCUT2D eigenvalue weighted by atomic mass is 35.5. The number of para-hydroxylation sites is 1. The molecule has 0 aliphatic carbocycles. The van der Waals surface area contributed by atoms with Crippen LogP contribution in [0.3, 0.4) is 0 Å². The van der Waals surface area contributed by atoms with Crippen molar-refractivity contribution in [3.8, 4) is 0 Å². The number of hydrogen-bond donors (Lipinski definition) is 1. The second kappa shape index (κ2) is 8.88. The van der Waals surface area contributed by atoms with Crippen molar-refractivity contribution >= 4 is 24.0 Å². The number of aryl methyl sites for hydroxylation is 1. The van der Waals surface area contributed by atoms with Gasteiger partial charge in [0.05, 0.1) is 19.2 Å². The molecule has 1 fully saturated rings. The van der Waals surface area contributed by atoms with Crippen LogP contribution in [-0.2, 0) is 16.0 Å². The lowest BCUT2D eigenvalue weighted by molar-refractivity contribution is -0.144. The van der Waals surface area contributed by atoms with E-state index < -0.39 is 0 Å². The second-order valence-corrected chi connectivity index (χ2v) is 6.33. The SMILES string of the molecule is CC1COC(c2ccccc2)CN1C(=O)CCc1ccccc1N.Cl. The van der Waals surface area contributed by atoms with Gasteiger partial charge in [-0.2, -0.15) is 0 Å². The molecule has 2 unspecified atom stereocenters. The van der Waals surface area contributed by atoms with Crippen molar-refractivity contribution < 1.29 is 9.53 Å². The molecule has 1 amide bonds. The lowest BCUT2D eigenvalue weighted by Crippen LogP contribution is -2.48. The van der Waals surface area contributed by atoms with Crippen LogP contribution >= 0.6 is 12.4 Å². The first-order valence-electron chi connectivity index (χ1n) is 8.44. The van der Waals surface area contributed by atoms with Gasteiger partial charge in [0.15, 0.2) is 0 Å². The first-order valence-corrected chi connectivity index (χ1v) is 8.44. The number of nitrogen functional groups attached to an aromatic ring is 1. The fraction of sp³-hybridized carbons (Fsp3) is 0.350. The summed E-state index contributed by atoms with van der Waals surface area (Å²) in [6, 6.07) is 17.9. The van der Waals surface area contributed by atoms with Gasteiger partial charge >= 0.3 is 0 Å². The average molecular weight is 361 g/mol. The van der Waals surface area contributed by atoms with Crippen LogP contribution in [0.2, 0.25) is 0 Å². The Kier molecular flexibility index (Phi) is 6.85. The highest BCUT2D eigenvalue weighted by Crippen LogP contribution is 2.25. The topological polar surface area (TPSA) is 55.6 Å². The second-order valence-electron chi connectivity index (χ2n) is 6.33. The van der Waals surface area contributed by atoms with E-state index in [2.05, 4.69) is 0 Å². The zero-order valence-electron chi connectivity index (χ0n) is 14.4. The summed E-state index contributed by atoms with van der Waals surface area (Å²) in [6.07, 6.45) is 1.10. The van der Waals surface area contributed by atoms with Crippen molar-refractivity contribution in [1.82, 2.24) is 4.90 Å². The summed E-state index contributed by atoms with van der Waals surface area (Å²) in [7, 11) is 0. The minimum atomic E-state index is -0.0480. The highest BCUT2D eigenvalue weighted by molar-refractivity contribution is 5.85. The minimum Gasteiger partial charge on any atom is -0.399 e. The lowest BCUT2D eigenvalue weighted by Gasteiger charge is -2.38. The van der Waals surface area contributed by atoms with Gasteiger partial charge < -0.3 is 15.4 Å². The standard InChI is InChI=1S/C20H24N2O2.ClH/c1-15-14-24-19(17-8-3-2-4-9-17)13-22(15)20(23)12-11-16-7-5-6-10-18(16)21;/h2-10,15,19H,11-14,21H2,1H3;1H. The summed E-state index contributed by atoms with van der Waals surface area (Å²) in [5.41, 5.74) is 8.87. The third-order valence-electron chi connectivity index (χ3n) is 4.59. The maximum absolute atomic E-state index is 12.7. The molecule has 4 nitrogen and oxygen atoms in total. The molecular formula is C20H25ClN2O2. The van der Waals surface area contributed by atoms with Crippen LogP contribution < -0.4 is 5.73 Å². The van der Waals surface area contributed by atoms with E-state index in [0.29, 0.717) is 26.0 Å². The number of rotatable bonds is 4. The number of nitrogens with two attached hydrogens (primary N) is 1. The number of morpholine rings is 1. The Balaban J connectivity index is 0.00000225. The highest BCUT2D eigenvalue weighted by Gasteiger charge is 2.30. The molecule has 1 aliphatic heterocycles. The van der Waals surface area contributed by atoms with Crippen LogP contribution in [0, 0.1) is 0 Å². The molecule has 2 aromatic rings. The Morgan fingerprint density at radius 2 is 1.84 bits per heavy atom. The van der Waals surface area contributed by atoms with E-state index in [4.69, 9.17) is 10.5 Å². The molecule has 1 heterocycles. The third kappa shape index (κ3) is 4.74. The molecule has 5 heteroatoms. The molecule has 2 N–H and O–H groups in total. The van der Waals surface area contributed by atoms with Gasteiger partial charge in [-0.1, -0.05) is 48.5 Å². The number of halogens is 1. The van der Waals surface area contributed by atoms with E-state index in [9.17, 15) is 4.79 Å². The Bertz CT molecular complexity index is 693. The van der Waals surface area contributed by atoms with Gasteiger partial charge in [0, 0.05) is 12.1 Å². The molecule has 134 valence electrons. The molecule has 1 aliphatic rings. The van der Waals surface area contributed by atoms with Gasteiger partial charge in [0.1, 0.15) is 6.10 Å². The molecule has 2 aromatic carbocycles. The van der Waals surface area contributed by atoms with Gasteiger partial charge in [-0.15, -0.1) is 12.4 Å². The van der Waals surface area contributed by atoms with Crippen molar-refractivity contribution in [3.05, 3.63) is 65.7 Å². The number of amides is 1. The minimum absolute atomic E-state index is 0. The van der Waals surface area contributed by atoms with Gasteiger partial charge in [-0.05, 0) is 30.5 Å². The smallest absolute Gasteiger partial charge is 0.223 e. The van der Waals surface area contributed by atoms with E-state index in [-0.39, 0.29) is 30.5 Å². The van der Waals surface area contributed by atoms with E-state index in [1.165, 1.54) is 0 Å². The van der Waals surface area contributed by atoms with Crippen molar-refractivity contribution in [2.45, 2.75) is 31.9 Å². The summed E-state index contributed by atoms with van der Waals surface area (Å²) in [6.45, 7) is 3.21. The molecule has 0 spiro atoms. The summed E-state index contributed by atoms with van der Waals surface area (Å²) in [5.74, 6) is 0.162. The predicted octanol–water partition coefficient (Wildman–Crippen LogP) is 3.61. The van der Waals surface area contributed by atoms with Crippen molar-refractivity contribution in [3.63, 3.8) is 0 Å². The van der Waals surface area contributed by atoms with Crippen LogP contribution in [0.4, 0.5) is 5.69 Å². The molecule has 1 saturated heterocycles. The largest absolute Gasteiger partial charge is 0.399 e. The Morgan fingerprint density at radius 1 is 1.16 bits per heavy atom. The molecule has 0 saturated carbocycles. The van der Waals surface area contributed by atoms with Crippen molar-refractivity contribution in [2.24, 2.45) is 0 Å². The number of hydrogen-bond acceptors (Lipinski definition) is 3. The van der Waals surface area contributed by atoms with Gasteiger partial charge in [0.25, 0.3) is 0 Å². The molecule has 0 aromatic heterocycles. The zero-order valence-corrected chi connectivity index (χ0v) is 15.2. The summed E-state index contributed by atoms with van der Waals surface area (Å²) in [4.78, 5) is 14.6. The monoisotopic (exact) mass is 360 g/mol. The summed E-state index contributed by atoms with van der Waals surface area (Å²) in [5, 5.41) is 0.